The summed E-state index contributed by atoms with van der Waals surface area (Å²) in [5.74, 6) is -2.28. The molecule has 0 bridgehead atoms. The van der Waals surface area contributed by atoms with Crippen molar-refractivity contribution in [3.8, 4) is 11.5 Å². The number of carbonyl (C=O) groups is 2. The van der Waals surface area contributed by atoms with Gasteiger partial charge < -0.3 is 14.6 Å². The van der Waals surface area contributed by atoms with E-state index in [1.165, 1.54) is 44.6 Å². The summed E-state index contributed by atoms with van der Waals surface area (Å²) in [5, 5.41) is 11.3. The quantitative estimate of drug-likeness (QED) is 0.231. The van der Waals surface area contributed by atoms with Crippen molar-refractivity contribution in [2.45, 2.75) is 6.04 Å². The molecule has 1 amide bonds. The summed E-state index contributed by atoms with van der Waals surface area (Å²) in [5.41, 5.74) is 0.552. The summed E-state index contributed by atoms with van der Waals surface area (Å²) in [7, 11) is 2.91. The van der Waals surface area contributed by atoms with Crippen LogP contribution in [-0.4, -0.2) is 31.0 Å². The van der Waals surface area contributed by atoms with Gasteiger partial charge in [-0.15, -0.1) is 0 Å². The molecule has 0 spiro atoms. The minimum atomic E-state index is -1.11. The molecule has 1 unspecified atom stereocenters. The fraction of sp³-hybridized carbons (Fsp3) is 0.120. The second-order valence-electron chi connectivity index (χ2n) is 7.51. The predicted octanol–water partition coefficient (Wildman–Crippen LogP) is 6.43. The molecule has 1 heterocycles. The van der Waals surface area contributed by atoms with Gasteiger partial charge >= 0.3 is 0 Å². The van der Waals surface area contributed by atoms with Crippen LogP contribution in [-0.2, 0) is 9.59 Å². The number of amides is 1. The van der Waals surface area contributed by atoms with Gasteiger partial charge in [-0.05, 0) is 54.1 Å². The third-order valence-electron chi connectivity index (χ3n) is 5.54. The zero-order valence-electron chi connectivity index (χ0n) is 18.3. The molecule has 1 aliphatic heterocycles. The molecule has 0 aromatic heterocycles. The average molecular weight is 537 g/mol. The normalized spacial score (nSPS) is 17.1. The zero-order chi connectivity index (χ0) is 25.4. The number of hydrogen-bond acceptors (Lipinski definition) is 5. The minimum Gasteiger partial charge on any atom is -0.507 e. The van der Waals surface area contributed by atoms with E-state index in [2.05, 4.69) is 0 Å². The molecule has 1 saturated heterocycles. The van der Waals surface area contributed by atoms with Crippen molar-refractivity contribution in [2.24, 2.45) is 0 Å². The summed E-state index contributed by atoms with van der Waals surface area (Å²) >= 11 is 18.1. The fourth-order valence-corrected chi connectivity index (χ4v) is 4.34. The van der Waals surface area contributed by atoms with Crippen LogP contribution in [0.5, 0.6) is 11.5 Å². The largest absolute Gasteiger partial charge is 0.507 e. The van der Waals surface area contributed by atoms with Crippen LogP contribution in [0.15, 0.2) is 60.2 Å². The number of carbonyl (C=O) groups excluding carboxylic acids is 2. The standard InChI is InChI=1S/C25H17Cl3FNO5/c1-34-19-8-4-12(10-20(19)35-2)22-21(23(31)13-3-6-15(26)16(27)9-13)24(32)25(33)30(22)14-5-7-18(29)17(28)11-14/h3-11,22,31H,1-2H3/b23-21+. The number of aliphatic hydroxyl groups is 1. The van der Waals surface area contributed by atoms with Gasteiger partial charge in [0.2, 0.25) is 0 Å². The van der Waals surface area contributed by atoms with E-state index < -0.39 is 29.3 Å². The van der Waals surface area contributed by atoms with Crippen LogP contribution < -0.4 is 14.4 Å². The Hall–Kier alpha value is -3.26. The molecule has 0 saturated carbocycles. The molecule has 6 nitrogen and oxygen atoms in total. The highest BCUT2D eigenvalue weighted by Gasteiger charge is 2.47. The Morgan fingerprint density at radius 2 is 1.60 bits per heavy atom. The first-order chi connectivity index (χ1) is 16.7. The highest BCUT2D eigenvalue weighted by molar-refractivity contribution is 6.52. The molecule has 1 aliphatic rings. The van der Waals surface area contributed by atoms with Crippen molar-refractivity contribution in [2.75, 3.05) is 19.1 Å². The number of nitrogens with zero attached hydrogens (tertiary/aromatic N) is 1. The van der Waals surface area contributed by atoms with E-state index in [0.29, 0.717) is 17.1 Å². The van der Waals surface area contributed by atoms with E-state index >= 15 is 0 Å². The second-order valence-corrected chi connectivity index (χ2v) is 8.73. The summed E-state index contributed by atoms with van der Waals surface area (Å²) in [6.07, 6.45) is 0. The predicted molar refractivity (Wildman–Crippen MR) is 132 cm³/mol. The van der Waals surface area contributed by atoms with E-state index in [0.717, 1.165) is 11.0 Å². The number of Topliss-reactive ketones (excluding diaryl/α,β-unsaturated/α-hetero) is 1. The van der Waals surface area contributed by atoms with Crippen LogP contribution in [0.4, 0.5) is 10.1 Å². The van der Waals surface area contributed by atoms with E-state index in [9.17, 15) is 19.1 Å². The molecule has 10 heteroatoms. The van der Waals surface area contributed by atoms with E-state index in [1.807, 2.05) is 0 Å². The molecule has 4 rings (SSSR count). The summed E-state index contributed by atoms with van der Waals surface area (Å²) in [4.78, 5) is 27.6. The molecule has 0 aliphatic carbocycles. The first-order valence-electron chi connectivity index (χ1n) is 10.1. The Morgan fingerprint density at radius 1 is 0.886 bits per heavy atom. The van der Waals surface area contributed by atoms with Crippen molar-refractivity contribution in [1.82, 2.24) is 0 Å². The first kappa shape index (κ1) is 24.9. The Kier molecular flexibility index (Phi) is 6.94. The van der Waals surface area contributed by atoms with Crippen LogP contribution in [0.3, 0.4) is 0 Å². The number of benzene rings is 3. The van der Waals surface area contributed by atoms with Gasteiger partial charge in [-0.2, -0.15) is 0 Å². The molecule has 0 radical (unpaired) electrons. The first-order valence-corrected chi connectivity index (χ1v) is 11.2. The maximum absolute atomic E-state index is 13.9. The number of ether oxygens (including phenoxy) is 2. The van der Waals surface area contributed by atoms with Gasteiger partial charge in [-0.25, -0.2) is 4.39 Å². The lowest BCUT2D eigenvalue weighted by atomic mass is 9.94. The van der Waals surface area contributed by atoms with Crippen LogP contribution in [0.1, 0.15) is 17.2 Å². The lowest BCUT2D eigenvalue weighted by molar-refractivity contribution is -0.132. The Balaban J connectivity index is 1.99. The zero-order valence-corrected chi connectivity index (χ0v) is 20.6. The lowest BCUT2D eigenvalue weighted by Crippen LogP contribution is -2.29. The van der Waals surface area contributed by atoms with Crippen LogP contribution in [0, 0.1) is 5.82 Å². The van der Waals surface area contributed by atoms with Gasteiger partial charge in [0.15, 0.2) is 11.5 Å². The summed E-state index contributed by atoms with van der Waals surface area (Å²) in [6.45, 7) is 0. The smallest absolute Gasteiger partial charge is 0.300 e. The number of methoxy groups -OCH3 is 2. The Labute approximate surface area is 215 Å². The van der Waals surface area contributed by atoms with Gasteiger partial charge in [-0.1, -0.05) is 40.9 Å². The molecule has 1 N–H and O–H groups in total. The molecule has 3 aromatic rings. The number of hydrogen-bond donors (Lipinski definition) is 1. The molecule has 180 valence electrons. The minimum absolute atomic E-state index is 0.151. The number of rotatable bonds is 5. The monoisotopic (exact) mass is 535 g/mol. The van der Waals surface area contributed by atoms with Crippen LogP contribution in [0.25, 0.3) is 5.76 Å². The number of halogens is 4. The Morgan fingerprint density at radius 3 is 2.23 bits per heavy atom. The maximum atomic E-state index is 13.9. The van der Waals surface area contributed by atoms with Crippen molar-refractivity contribution in [3.63, 3.8) is 0 Å². The van der Waals surface area contributed by atoms with E-state index in [4.69, 9.17) is 44.3 Å². The van der Waals surface area contributed by atoms with E-state index in [1.54, 1.807) is 18.2 Å². The van der Waals surface area contributed by atoms with Crippen LogP contribution >= 0.6 is 34.8 Å². The van der Waals surface area contributed by atoms with Crippen molar-refractivity contribution < 1.29 is 28.6 Å². The highest BCUT2D eigenvalue weighted by Crippen LogP contribution is 2.45. The molecular formula is C25H17Cl3FNO5. The third-order valence-corrected chi connectivity index (χ3v) is 6.57. The van der Waals surface area contributed by atoms with Gasteiger partial charge in [-0.3, -0.25) is 14.5 Å². The number of aliphatic hydroxyl groups excluding tert-OH is 1. The topological polar surface area (TPSA) is 76.1 Å². The van der Waals surface area contributed by atoms with Gasteiger partial charge in [0.1, 0.15) is 11.6 Å². The summed E-state index contributed by atoms with van der Waals surface area (Å²) in [6, 6.07) is 11.6. The molecular weight excluding hydrogens is 520 g/mol. The van der Waals surface area contributed by atoms with Crippen molar-refractivity contribution >= 4 is 57.9 Å². The van der Waals surface area contributed by atoms with E-state index in [-0.39, 0.29) is 31.9 Å². The maximum Gasteiger partial charge on any atom is 0.300 e. The van der Waals surface area contributed by atoms with Gasteiger partial charge in [0.25, 0.3) is 11.7 Å². The molecule has 1 fully saturated rings. The van der Waals surface area contributed by atoms with Crippen molar-refractivity contribution in [1.29, 1.82) is 0 Å². The van der Waals surface area contributed by atoms with Crippen molar-refractivity contribution in [3.05, 3.63) is 92.2 Å². The third kappa shape index (κ3) is 4.43. The van der Waals surface area contributed by atoms with Crippen LogP contribution in [0.2, 0.25) is 15.1 Å². The summed E-state index contributed by atoms with van der Waals surface area (Å²) < 4.78 is 24.5. The Bertz CT molecular complexity index is 1390. The number of anilines is 1. The molecule has 35 heavy (non-hydrogen) atoms. The average Bonchev–Trinajstić information content (AvgIpc) is 3.12. The SMILES string of the molecule is COc1ccc(C2/C(=C(\O)c3ccc(Cl)c(Cl)c3)C(=O)C(=O)N2c2ccc(F)c(Cl)c2)cc1OC. The highest BCUT2D eigenvalue weighted by atomic mass is 35.5. The second kappa shape index (κ2) is 9.77. The number of ketones is 1. The lowest BCUT2D eigenvalue weighted by Gasteiger charge is -2.26. The van der Waals surface area contributed by atoms with Gasteiger partial charge in [0, 0.05) is 11.3 Å². The van der Waals surface area contributed by atoms with Gasteiger partial charge in [0.05, 0.1) is 40.9 Å². The fourth-order valence-electron chi connectivity index (χ4n) is 3.87. The molecule has 3 aromatic carbocycles. The molecule has 1 atom stereocenters.